The highest BCUT2D eigenvalue weighted by molar-refractivity contribution is 6.09. The van der Waals surface area contributed by atoms with Crippen LogP contribution in [0.15, 0.2) is 52.9 Å². The Bertz CT molecular complexity index is 1040. The van der Waals surface area contributed by atoms with Crippen LogP contribution in [0.25, 0.3) is 11.0 Å². The third-order valence-corrected chi connectivity index (χ3v) is 4.94. The minimum Gasteiger partial charge on any atom is -0.461 e. The summed E-state index contributed by atoms with van der Waals surface area (Å²) in [6, 6.07) is 14.5. The number of amides is 2. The third kappa shape index (κ3) is 3.10. The summed E-state index contributed by atoms with van der Waals surface area (Å²) in [5, 5.41) is 15.6. The fraction of sp³-hybridized carbons (Fsp3) is 0.238. The van der Waals surface area contributed by atoms with Crippen LogP contribution >= 0.6 is 0 Å². The predicted molar refractivity (Wildman–Crippen MR) is 102 cm³/mol. The largest absolute Gasteiger partial charge is 0.461 e. The monoisotopic (exact) mass is 380 g/mol. The second kappa shape index (κ2) is 7.01. The molecule has 2 amide bonds. The van der Waals surface area contributed by atoms with Gasteiger partial charge in [-0.2, -0.15) is 0 Å². The normalized spacial score (nSPS) is 18.9. The van der Waals surface area contributed by atoms with E-state index >= 15 is 0 Å². The van der Waals surface area contributed by atoms with E-state index in [1.165, 1.54) is 0 Å². The highest BCUT2D eigenvalue weighted by Crippen LogP contribution is 2.31. The lowest BCUT2D eigenvalue weighted by atomic mass is 9.97. The van der Waals surface area contributed by atoms with Gasteiger partial charge in [0.2, 0.25) is 5.91 Å². The molecule has 0 bridgehead atoms. The number of aliphatic hydroxyl groups excluding tert-OH is 1. The van der Waals surface area contributed by atoms with Gasteiger partial charge >= 0.3 is 0 Å². The molecule has 7 nitrogen and oxygen atoms in total. The molecule has 3 aromatic rings. The van der Waals surface area contributed by atoms with Crippen molar-refractivity contribution in [3.8, 4) is 11.5 Å². The van der Waals surface area contributed by atoms with Gasteiger partial charge in [-0.3, -0.25) is 9.59 Å². The molecule has 144 valence electrons. The zero-order chi connectivity index (χ0) is 19.7. The first-order valence-electron chi connectivity index (χ1n) is 9.00. The number of aliphatic hydroxyl groups is 1. The summed E-state index contributed by atoms with van der Waals surface area (Å²) < 4.78 is 11.5. The third-order valence-electron chi connectivity index (χ3n) is 4.94. The molecule has 2 aromatic carbocycles. The van der Waals surface area contributed by atoms with Gasteiger partial charge in [-0.15, -0.1) is 0 Å². The molecule has 0 aliphatic carbocycles. The number of nitrogens with one attached hydrogen (secondary N) is 2. The van der Waals surface area contributed by atoms with Crippen LogP contribution < -0.4 is 15.4 Å². The summed E-state index contributed by atoms with van der Waals surface area (Å²) in [5.41, 5.74) is -0.455. The molecule has 0 radical (unpaired) electrons. The molecule has 1 fully saturated rings. The molecule has 1 atom stereocenters. The summed E-state index contributed by atoms with van der Waals surface area (Å²) >= 11 is 0. The van der Waals surface area contributed by atoms with Crippen molar-refractivity contribution in [1.29, 1.82) is 0 Å². The van der Waals surface area contributed by atoms with Crippen LogP contribution in [0.1, 0.15) is 22.5 Å². The van der Waals surface area contributed by atoms with Crippen molar-refractivity contribution < 1.29 is 23.8 Å². The second-order valence-electron chi connectivity index (χ2n) is 6.81. The van der Waals surface area contributed by atoms with Crippen LogP contribution in [0.4, 0.5) is 0 Å². The molecule has 1 aliphatic heterocycles. The van der Waals surface area contributed by atoms with Gasteiger partial charge in [0.25, 0.3) is 5.91 Å². The van der Waals surface area contributed by atoms with Gasteiger partial charge in [-0.05, 0) is 43.7 Å². The maximum absolute atomic E-state index is 13.0. The Kier molecular flexibility index (Phi) is 4.52. The zero-order valence-corrected chi connectivity index (χ0v) is 15.3. The standard InChI is InChI=1S/C21H20N2O5/c1-13-18(19(25)23-21(12-24)9-10-22-20(21)26)16-11-15(7-8-17(16)27-13)28-14-5-3-2-4-6-14/h2-8,11,24H,9-10,12H2,1H3,(H,22,26)(H,23,25). The fourth-order valence-corrected chi connectivity index (χ4v) is 3.43. The highest BCUT2D eigenvalue weighted by Gasteiger charge is 2.44. The maximum atomic E-state index is 13.0. The molecule has 4 rings (SSSR count). The lowest BCUT2D eigenvalue weighted by molar-refractivity contribution is -0.125. The van der Waals surface area contributed by atoms with E-state index in [0.29, 0.717) is 46.8 Å². The first-order chi connectivity index (χ1) is 13.5. The van der Waals surface area contributed by atoms with Crippen molar-refractivity contribution in [1.82, 2.24) is 10.6 Å². The van der Waals surface area contributed by atoms with Gasteiger partial charge in [0.05, 0.1) is 12.2 Å². The number of para-hydroxylation sites is 1. The van der Waals surface area contributed by atoms with Crippen LogP contribution in [0.3, 0.4) is 0 Å². The first kappa shape index (κ1) is 18.1. The molecular formula is C21H20N2O5. The molecule has 1 unspecified atom stereocenters. The topological polar surface area (TPSA) is 101 Å². The van der Waals surface area contributed by atoms with Gasteiger partial charge in [-0.1, -0.05) is 18.2 Å². The lowest BCUT2D eigenvalue weighted by Gasteiger charge is -2.24. The van der Waals surface area contributed by atoms with Gasteiger partial charge < -0.3 is 24.9 Å². The van der Waals surface area contributed by atoms with Gasteiger partial charge in [0, 0.05) is 11.9 Å². The number of aryl methyl sites for hydroxylation is 1. The number of hydrogen-bond donors (Lipinski definition) is 3. The molecule has 1 aliphatic rings. The minimum absolute atomic E-state index is 0.320. The molecule has 28 heavy (non-hydrogen) atoms. The second-order valence-corrected chi connectivity index (χ2v) is 6.81. The van der Waals surface area contributed by atoms with E-state index in [1.54, 1.807) is 25.1 Å². The van der Waals surface area contributed by atoms with E-state index in [-0.39, 0.29) is 5.91 Å². The first-order valence-corrected chi connectivity index (χ1v) is 9.00. The van der Waals surface area contributed by atoms with Gasteiger partial charge in [0.1, 0.15) is 28.4 Å². The van der Waals surface area contributed by atoms with Crippen molar-refractivity contribution >= 4 is 22.8 Å². The van der Waals surface area contributed by atoms with E-state index in [1.807, 2.05) is 30.3 Å². The van der Waals surface area contributed by atoms with Crippen molar-refractivity contribution in [2.45, 2.75) is 18.9 Å². The molecule has 0 saturated carbocycles. The summed E-state index contributed by atoms with van der Waals surface area (Å²) in [5.74, 6) is 0.802. The molecule has 3 N–H and O–H groups in total. The number of carbonyl (C=O) groups excluding carboxylic acids is 2. The summed E-state index contributed by atoms with van der Waals surface area (Å²) in [4.78, 5) is 25.1. The molecule has 7 heteroatoms. The zero-order valence-electron chi connectivity index (χ0n) is 15.3. The Balaban J connectivity index is 1.68. The van der Waals surface area contributed by atoms with Crippen LogP contribution in [0.2, 0.25) is 0 Å². The summed E-state index contributed by atoms with van der Waals surface area (Å²) in [6.45, 7) is 1.62. The summed E-state index contributed by atoms with van der Waals surface area (Å²) in [6.07, 6.45) is 0.325. The smallest absolute Gasteiger partial charge is 0.256 e. The molecule has 0 spiro atoms. The Hall–Kier alpha value is -3.32. The SMILES string of the molecule is Cc1oc2ccc(Oc3ccccc3)cc2c1C(=O)NC1(CO)CCNC1=O. The van der Waals surface area contributed by atoms with Crippen LogP contribution in [0.5, 0.6) is 11.5 Å². The Morgan fingerprint density at radius 2 is 2.04 bits per heavy atom. The van der Waals surface area contributed by atoms with Gasteiger partial charge in [0.15, 0.2) is 0 Å². The average Bonchev–Trinajstić information content (AvgIpc) is 3.21. The Labute approximate surface area is 161 Å². The lowest BCUT2D eigenvalue weighted by Crippen LogP contribution is -2.56. The number of furan rings is 1. The minimum atomic E-state index is -1.31. The molecule has 2 heterocycles. The van der Waals surface area contributed by atoms with E-state index in [0.717, 1.165) is 0 Å². The quantitative estimate of drug-likeness (QED) is 0.631. The number of rotatable bonds is 5. The maximum Gasteiger partial charge on any atom is 0.256 e. The van der Waals surface area contributed by atoms with Crippen molar-refractivity contribution in [3.63, 3.8) is 0 Å². The number of hydrogen-bond acceptors (Lipinski definition) is 5. The van der Waals surface area contributed by atoms with Crippen molar-refractivity contribution in [2.24, 2.45) is 0 Å². The van der Waals surface area contributed by atoms with E-state index in [4.69, 9.17) is 9.15 Å². The fourth-order valence-electron chi connectivity index (χ4n) is 3.43. The number of ether oxygens (including phenoxy) is 1. The Morgan fingerprint density at radius 1 is 1.25 bits per heavy atom. The van der Waals surface area contributed by atoms with Crippen LogP contribution in [0, 0.1) is 6.92 Å². The number of benzene rings is 2. The van der Waals surface area contributed by atoms with E-state index < -0.39 is 18.1 Å². The number of carbonyl (C=O) groups is 2. The van der Waals surface area contributed by atoms with Crippen molar-refractivity contribution in [3.05, 3.63) is 59.9 Å². The van der Waals surface area contributed by atoms with Gasteiger partial charge in [-0.25, -0.2) is 0 Å². The molecule has 1 saturated heterocycles. The van der Waals surface area contributed by atoms with E-state index in [9.17, 15) is 14.7 Å². The predicted octanol–water partition coefficient (Wildman–Crippen LogP) is 2.51. The number of fused-ring (bicyclic) bond motifs is 1. The Morgan fingerprint density at radius 3 is 2.71 bits per heavy atom. The average molecular weight is 380 g/mol. The van der Waals surface area contributed by atoms with Crippen LogP contribution in [-0.2, 0) is 4.79 Å². The van der Waals surface area contributed by atoms with Crippen LogP contribution in [-0.4, -0.2) is 35.6 Å². The van der Waals surface area contributed by atoms with Crippen molar-refractivity contribution in [2.75, 3.05) is 13.2 Å². The highest BCUT2D eigenvalue weighted by atomic mass is 16.5. The molecule has 1 aromatic heterocycles. The summed E-state index contributed by atoms with van der Waals surface area (Å²) in [7, 11) is 0. The molecular weight excluding hydrogens is 360 g/mol. The van der Waals surface area contributed by atoms with E-state index in [2.05, 4.69) is 10.6 Å².